The molecule has 2 aromatic heterocycles. The minimum absolute atomic E-state index is 0.289. The van der Waals surface area contributed by atoms with E-state index >= 15 is 0 Å². The number of nitrogens with one attached hydrogen (secondary N) is 1. The van der Waals surface area contributed by atoms with Gasteiger partial charge in [-0.05, 0) is 44.4 Å². The molecule has 31 heavy (non-hydrogen) atoms. The minimum Gasteiger partial charge on any atom is -0.406 e. The van der Waals surface area contributed by atoms with Gasteiger partial charge in [-0.3, -0.25) is 14.3 Å². The normalized spacial score (nSPS) is 15.1. The lowest BCUT2D eigenvalue weighted by Crippen LogP contribution is -2.35. The third-order valence-corrected chi connectivity index (χ3v) is 5.07. The van der Waals surface area contributed by atoms with Crippen LogP contribution in [0.4, 0.5) is 13.2 Å². The Hall–Kier alpha value is -3.37. The van der Waals surface area contributed by atoms with Crippen LogP contribution in [0.1, 0.15) is 43.1 Å². The van der Waals surface area contributed by atoms with Gasteiger partial charge in [-0.1, -0.05) is 12.1 Å². The summed E-state index contributed by atoms with van der Waals surface area (Å²) in [6.45, 7) is 3.14. The molecule has 1 aliphatic rings. The number of benzene rings is 1. The number of aryl methyl sites for hydroxylation is 1. The highest BCUT2D eigenvalue weighted by Crippen LogP contribution is 2.36. The Morgan fingerprint density at radius 1 is 1.29 bits per heavy atom. The van der Waals surface area contributed by atoms with E-state index < -0.39 is 23.9 Å². The van der Waals surface area contributed by atoms with Crippen molar-refractivity contribution in [2.45, 2.75) is 51.7 Å². The van der Waals surface area contributed by atoms with Gasteiger partial charge in [0.25, 0.3) is 5.56 Å². The van der Waals surface area contributed by atoms with E-state index in [1.165, 1.54) is 24.3 Å². The molecule has 3 aromatic rings. The van der Waals surface area contributed by atoms with Gasteiger partial charge in [-0.2, -0.15) is 10.2 Å². The number of hydrogen-bond acceptors (Lipinski definition) is 5. The van der Waals surface area contributed by atoms with Gasteiger partial charge in [0.05, 0.1) is 34.9 Å². The Morgan fingerprint density at radius 2 is 1.97 bits per heavy atom. The molecule has 1 aliphatic carbocycles. The topological polar surface area (TPSA) is 91.0 Å². The third kappa shape index (κ3) is 4.54. The van der Waals surface area contributed by atoms with Gasteiger partial charge in [0.1, 0.15) is 12.3 Å². The van der Waals surface area contributed by atoms with Crippen molar-refractivity contribution >= 4 is 16.8 Å². The smallest absolute Gasteiger partial charge is 0.406 e. The average Bonchev–Trinajstić information content (AvgIpc) is 3.46. The maximum atomic E-state index is 12.8. The second kappa shape index (κ2) is 7.71. The highest BCUT2D eigenvalue weighted by Gasteiger charge is 2.31. The summed E-state index contributed by atoms with van der Waals surface area (Å²) in [7, 11) is 0. The van der Waals surface area contributed by atoms with Gasteiger partial charge in [-0.25, -0.2) is 4.68 Å². The summed E-state index contributed by atoms with van der Waals surface area (Å²) in [6.07, 6.45) is -1.19. The van der Waals surface area contributed by atoms with Crippen LogP contribution in [-0.4, -0.2) is 31.8 Å². The van der Waals surface area contributed by atoms with Gasteiger partial charge >= 0.3 is 6.36 Å². The van der Waals surface area contributed by atoms with Crippen LogP contribution >= 0.6 is 0 Å². The van der Waals surface area contributed by atoms with E-state index in [4.69, 9.17) is 0 Å². The van der Waals surface area contributed by atoms with Crippen molar-refractivity contribution < 1.29 is 22.7 Å². The van der Waals surface area contributed by atoms with Gasteiger partial charge in [0.2, 0.25) is 5.91 Å². The van der Waals surface area contributed by atoms with Gasteiger partial charge < -0.3 is 10.1 Å². The van der Waals surface area contributed by atoms with Crippen LogP contribution in [0.2, 0.25) is 0 Å². The van der Waals surface area contributed by atoms with E-state index in [1.807, 2.05) is 4.68 Å². The van der Waals surface area contributed by atoms with E-state index in [2.05, 4.69) is 20.3 Å². The van der Waals surface area contributed by atoms with Crippen molar-refractivity contribution in [3.63, 3.8) is 0 Å². The Balaban J connectivity index is 1.45. The highest BCUT2D eigenvalue weighted by molar-refractivity contribution is 5.81. The van der Waals surface area contributed by atoms with Crippen LogP contribution in [0.3, 0.4) is 0 Å². The largest absolute Gasteiger partial charge is 0.573 e. The number of aromatic nitrogens is 4. The fourth-order valence-corrected chi connectivity index (χ4v) is 3.43. The summed E-state index contributed by atoms with van der Waals surface area (Å²) in [6, 6.07) is 5.00. The number of nitrogens with zero attached hydrogens (tertiary/aromatic N) is 4. The number of fused-ring (bicyclic) bond motifs is 1. The molecule has 0 radical (unpaired) electrons. The average molecular weight is 435 g/mol. The number of carbonyl (C=O) groups excluding carboxylic acids is 1. The molecule has 1 fully saturated rings. The molecule has 1 aromatic carbocycles. The second-order valence-electron chi connectivity index (χ2n) is 7.53. The van der Waals surface area contributed by atoms with Gasteiger partial charge in [0, 0.05) is 0 Å². The Bertz CT molecular complexity index is 1180. The Morgan fingerprint density at radius 3 is 2.58 bits per heavy atom. The molecule has 1 atom stereocenters. The van der Waals surface area contributed by atoms with Crippen LogP contribution in [0, 0.1) is 6.92 Å². The summed E-state index contributed by atoms with van der Waals surface area (Å²) in [5, 5.41) is 11.7. The number of carbonyl (C=O) groups is 1. The quantitative estimate of drug-likeness (QED) is 0.643. The van der Waals surface area contributed by atoms with Crippen molar-refractivity contribution in [1.29, 1.82) is 0 Å². The molecule has 1 saturated carbocycles. The summed E-state index contributed by atoms with van der Waals surface area (Å²) >= 11 is 0. The number of alkyl halides is 3. The predicted molar refractivity (Wildman–Crippen MR) is 104 cm³/mol. The first-order chi connectivity index (χ1) is 14.6. The molecule has 164 valence electrons. The van der Waals surface area contributed by atoms with E-state index in [0.717, 1.165) is 17.5 Å². The molecule has 2 heterocycles. The maximum Gasteiger partial charge on any atom is 0.573 e. The molecule has 11 heteroatoms. The van der Waals surface area contributed by atoms with Crippen LogP contribution in [0.25, 0.3) is 10.9 Å². The van der Waals surface area contributed by atoms with Crippen molar-refractivity contribution in [3.8, 4) is 5.75 Å². The molecule has 4 rings (SSSR count). The number of rotatable bonds is 6. The van der Waals surface area contributed by atoms with E-state index in [9.17, 15) is 22.8 Å². The number of ether oxygens (including phenoxy) is 1. The third-order valence-electron chi connectivity index (χ3n) is 5.07. The molecule has 1 unspecified atom stereocenters. The van der Waals surface area contributed by atoms with Crippen molar-refractivity contribution in [2.24, 2.45) is 0 Å². The zero-order valence-corrected chi connectivity index (χ0v) is 16.8. The lowest BCUT2D eigenvalue weighted by atomic mass is 10.1. The molecule has 8 nitrogen and oxygen atoms in total. The zero-order chi connectivity index (χ0) is 22.3. The fraction of sp³-hybridized carbons (Fsp3) is 0.400. The summed E-state index contributed by atoms with van der Waals surface area (Å²) in [5.41, 5.74) is 1.45. The van der Waals surface area contributed by atoms with Crippen LogP contribution in [-0.2, 0) is 11.3 Å². The van der Waals surface area contributed by atoms with Gasteiger partial charge in [0.15, 0.2) is 0 Å². The van der Waals surface area contributed by atoms with Crippen molar-refractivity contribution in [1.82, 2.24) is 24.9 Å². The Kier molecular flexibility index (Phi) is 5.19. The molecular weight excluding hydrogens is 415 g/mol. The second-order valence-corrected chi connectivity index (χ2v) is 7.53. The number of halogens is 3. The van der Waals surface area contributed by atoms with Gasteiger partial charge in [-0.15, -0.1) is 13.2 Å². The summed E-state index contributed by atoms with van der Waals surface area (Å²) < 4.78 is 43.5. The first-order valence-corrected chi connectivity index (χ1v) is 9.72. The first kappa shape index (κ1) is 20.9. The van der Waals surface area contributed by atoms with Crippen LogP contribution in [0.5, 0.6) is 5.75 Å². The SMILES string of the molecule is Cc1nn(C2CC2)c2cnn(CC(=O)NC(C)c3ccc(OC(F)(F)F)cc3)c(=O)c12. The lowest BCUT2D eigenvalue weighted by molar-refractivity contribution is -0.274. The maximum absolute atomic E-state index is 12.8. The summed E-state index contributed by atoms with van der Waals surface area (Å²) in [4.78, 5) is 25.3. The number of amides is 1. The molecule has 0 bridgehead atoms. The lowest BCUT2D eigenvalue weighted by Gasteiger charge is -2.15. The molecule has 1 N–H and O–H groups in total. The molecular formula is C20H20F3N5O3. The van der Waals surface area contributed by atoms with Crippen molar-refractivity contribution in [2.75, 3.05) is 0 Å². The van der Waals surface area contributed by atoms with E-state index in [0.29, 0.717) is 28.2 Å². The molecule has 1 amide bonds. The zero-order valence-electron chi connectivity index (χ0n) is 16.8. The standard InChI is InChI=1S/C20H20F3N5O3/c1-11(13-3-7-15(8-4-13)31-20(21,22)23)25-17(29)10-27-19(30)18-12(2)26-28(14-5-6-14)16(18)9-24-27/h3-4,7-9,11,14H,5-6,10H2,1-2H3,(H,25,29). The monoisotopic (exact) mass is 435 g/mol. The number of hydrogen-bond donors (Lipinski definition) is 1. The fourth-order valence-electron chi connectivity index (χ4n) is 3.43. The predicted octanol–water partition coefficient (Wildman–Crippen LogP) is 3.01. The minimum atomic E-state index is -4.77. The van der Waals surface area contributed by atoms with Crippen molar-refractivity contribution in [3.05, 3.63) is 52.1 Å². The van der Waals surface area contributed by atoms with E-state index in [1.54, 1.807) is 20.0 Å². The molecule has 0 aliphatic heterocycles. The van der Waals surface area contributed by atoms with E-state index in [-0.39, 0.29) is 12.3 Å². The summed E-state index contributed by atoms with van der Waals surface area (Å²) in [5.74, 6) is -0.801. The van der Waals surface area contributed by atoms with Crippen LogP contribution < -0.4 is 15.6 Å². The highest BCUT2D eigenvalue weighted by atomic mass is 19.4. The first-order valence-electron chi connectivity index (χ1n) is 9.72. The molecule has 0 spiro atoms. The Labute approximate surface area is 174 Å². The molecule has 0 saturated heterocycles. The van der Waals surface area contributed by atoms with Crippen LogP contribution in [0.15, 0.2) is 35.3 Å².